The number of nitrogens with zero attached hydrogens (tertiary/aromatic N) is 2. The fourth-order valence-electron chi connectivity index (χ4n) is 2.39. The maximum absolute atomic E-state index is 11.9. The molecule has 1 aliphatic carbocycles. The molecule has 2 atom stereocenters. The van der Waals surface area contributed by atoms with Crippen LogP contribution in [-0.4, -0.2) is 39.5 Å². The second-order valence-corrected chi connectivity index (χ2v) is 7.00. The van der Waals surface area contributed by atoms with Crippen molar-refractivity contribution in [1.29, 1.82) is 0 Å². The molecule has 8 heteroatoms. The average molecular weight is 381 g/mol. The van der Waals surface area contributed by atoms with E-state index in [1.165, 1.54) is 24.8 Å². The summed E-state index contributed by atoms with van der Waals surface area (Å²) in [7, 11) is 0. The van der Waals surface area contributed by atoms with Crippen LogP contribution in [0.1, 0.15) is 20.7 Å². The van der Waals surface area contributed by atoms with E-state index in [1.807, 2.05) is 0 Å². The monoisotopic (exact) mass is 380 g/mol. The highest BCUT2D eigenvalue weighted by molar-refractivity contribution is 6.51. The van der Waals surface area contributed by atoms with Crippen LogP contribution >= 0.6 is 23.2 Å². The molecule has 0 saturated heterocycles. The van der Waals surface area contributed by atoms with Crippen LogP contribution in [-0.2, 0) is 9.47 Å². The maximum Gasteiger partial charge on any atom is 0.338 e. The Morgan fingerprint density at radius 1 is 0.840 bits per heavy atom. The Hall–Kier alpha value is -2.18. The summed E-state index contributed by atoms with van der Waals surface area (Å²) in [4.78, 5) is 31.5. The molecule has 2 aromatic heterocycles. The number of hydrogen-bond acceptors (Lipinski definition) is 6. The zero-order valence-electron chi connectivity index (χ0n) is 13.0. The van der Waals surface area contributed by atoms with Crippen LogP contribution in [0.15, 0.2) is 49.1 Å². The molecule has 0 spiro atoms. The Kier molecular flexibility index (Phi) is 5.20. The fourth-order valence-corrected chi connectivity index (χ4v) is 3.12. The highest BCUT2D eigenvalue weighted by Gasteiger charge is 2.64. The van der Waals surface area contributed by atoms with Crippen LogP contribution in [0, 0.1) is 11.8 Å². The van der Waals surface area contributed by atoms with Gasteiger partial charge in [-0.05, 0) is 24.3 Å². The van der Waals surface area contributed by atoms with Gasteiger partial charge in [0.1, 0.15) is 4.33 Å². The van der Waals surface area contributed by atoms with Crippen molar-refractivity contribution in [2.24, 2.45) is 11.8 Å². The van der Waals surface area contributed by atoms with Crippen LogP contribution in [0.25, 0.3) is 0 Å². The number of aromatic nitrogens is 2. The minimum absolute atomic E-state index is 0.0473. The Bertz CT molecular complexity index is 692. The summed E-state index contributed by atoms with van der Waals surface area (Å²) in [6.07, 6.45) is 6.01. The zero-order valence-corrected chi connectivity index (χ0v) is 14.5. The number of pyridine rings is 2. The lowest BCUT2D eigenvalue weighted by Crippen LogP contribution is -2.11. The van der Waals surface area contributed by atoms with Gasteiger partial charge in [-0.2, -0.15) is 0 Å². The Balaban J connectivity index is 1.49. The first kappa shape index (κ1) is 17.6. The second-order valence-electron chi connectivity index (χ2n) is 5.56. The molecule has 2 aromatic rings. The number of halogens is 2. The molecule has 1 saturated carbocycles. The van der Waals surface area contributed by atoms with E-state index < -0.39 is 16.3 Å². The molecule has 130 valence electrons. The van der Waals surface area contributed by atoms with Crippen molar-refractivity contribution in [2.45, 2.75) is 4.33 Å². The summed E-state index contributed by atoms with van der Waals surface area (Å²) in [6.45, 7) is 0.0945. The first-order valence-corrected chi connectivity index (χ1v) is 8.28. The van der Waals surface area contributed by atoms with Crippen molar-refractivity contribution < 1.29 is 19.1 Å². The van der Waals surface area contributed by atoms with Crippen molar-refractivity contribution >= 4 is 35.1 Å². The second kappa shape index (κ2) is 7.37. The fraction of sp³-hybridized carbons (Fsp3) is 0.294. The summed E-state index contributed by atoms with van der Waals surface area (Å²) >= 11 is 12.4. The van der Waals surface area contributed by atoms with Gasteiger partial charge in [0, 0.05) is 36.6 Å². The number of alkyl halides is 2. The van der Waals surface area contributed by atoms with Crippen molar-refractivity contribution in [3.8, 4) is 0 Å². The predicted molar refractivity (Wildman–Crippen MR) is 90.5 cm³/mol. The molecule has 3 rings (SSSR count). The number of carbonyl (C=O) groups is 2. The van der Waals surface area contributed by atoms with Crippen LogP contribution in [0.3, 0.4) is 0 Å². The summed E-state index contributed by atoms with van der Waals surface area (Å²) in [6, 6.07) is 6.21. The minimum atomic E-state index is -1.09. The van der Waals surface area contributed by atoms with Gasteiger partial charge >= 0.3 is 11.9 Å². The lowest BCUT2D eigenvalue weighted by Gasteiger charge is -2.05. The zero-order chi connectivity index (χ0) is 17.9. The molecule has 1 aliphatic rings. The first-order chi connectivity index (χ1) is 12.0. The quantitative estimate of drug-likeness (QED) is 0.566. The maximum atomic E-state index is 11.9. The number of rotatable bonds is 6. The molecule has 25 heavy (non-hydrogen) atoms. The number of ether oxygens (including phenoxy) is 2. The molecule has 0 aromatic carbocycles. The van der Waals surface area contributed by atoms with Gasteiger partial charge in [-0.3, -0.25) is 9.97 Å². The summed E-state index contributed by atoms with van der Waals surface area (Å²) in [5, 5.41) is 0. The third-order valence-corrected chi connectivity index (χ3v) is 5.11. The Morgan fingerprint density at radius 3 is 1.56 bits per heavy atom. The van der Waals surface area contributed by atoms with Crippen LogP contribution < -0.4 is 0 Å². The summed E-state index contributed by atoms with van der Waals surface area (Å²) in [5.74, 6) is -1.56. The van der Waals surface area contributed by atoms with Gasteiger partial charge in [-0.25, -0.2) is 9.59 Å². The molecular formula is C17H14Cl2N2O4. The summed E-state index contributed by atoms with van der Waals surface area (Å²) < 4.78 is 9.36. The summed E-state index contributed by atoms with van der Waals surface area (Å²) in [5.41, 5.74) is 0.789. The molecule has 2 heterocycles. The van der Waals surface area contributed by atoms with Gasteiger partial charge < -0.3 is 9.47 Å². The molecule has 0 amide bonds. The molecule has 0 N–H and O–H groups in total. The number of esters is 2. The van der Waals surface area contributed by atoms with Gasteiger partial charge in [0.25, 0.3) is 0 Å². The molecule has 0 aliphatic heterocycles. The first-order valence-electron chi connectivity index (χ1n) is 7.52. The van der Waals surface area contributed by atoms with Gasteiger partial charge in [-0.15, -0.1) is 23.2 Å². The van der Waals surface area contributed by atoms with Crippen molar-refractivity contribution in [2.75, 3.05) is 13.2 Å². The van der Waals surface area contributed by atoms with Crippen molar-refractivity contribution in [3.05, 3.63) is 60.2 Å². The van der Waals surface area contributed by atoms with E-state index in [0.29, 0.717) is 11.1 Å². The molecule has 0 unspecified atom stereocenters. The lowest BCUT2D eigenvalue weighted by atomic mass is 10.3. The minimum Gasteiger partial charge on any atom is -0.462 e. The third kappa shape index (κ3) is 4.08. The standard InChI is InChI=1S/C17H14Cl2N2O4/c18-17(19)13(9-24-15(22)11-1-5-20-6-2-11)14(17)10-25-16(23)12-3-7-21-8-4-12/h1-8,13-14H,9-10H2/t13-,14-/m1/s1. The topological polar surface area (TPSA) is 78.4 Å². The largest absolute Gasteiger partial charge is 0.462 e. The van der Waals surface area contributed by atoms with Gasteiger partial charge in [0.2, 0.25) is 0 Å². The highest BCUT2D eigenvalue weighted by atomic mass is 35.5. The van der Waals surface area contributed by atoms with E-state index >= 15 is 0 Å². The van der Waals surface area contributed by atoms with Crippen molar-refractivity contribution in [1.82, 2.24) is 9.97 Å². The molecule has 0 bridgehead atoms. The Labute approximate surface area is 154 Å². The van der Waals surface area contributed by atoms with E-state index in [4.69, 9.17) is 32.7 Å². The van der Waals surface area contributed by atoms with Gasteiger partial charge in [0.05, 0.1) is 24.3 Å². The SMILES string of the molecule is O=C(OC[C@@H]1[C@@H](COC(=O)c2ccncc2)C1(Cl)Cl)c1ccncc1. The van der Waals surface area contributed by atoms with Crippen LogP contribution in [0.5, 0.6) is 0 Å². The lowest BCUT2D eigenvalue weighted by molar-refractivity contribution is 0.0419. The van der Waals surface area contributed by atoms with Crippen LogP contribution in [0.2, 0.25) is 0 Å². The van der Waals surface area contributed by atoms with E-state index in [9.17, 15) is 9.59 Å². The third-order valence-electron chi connectivity index (χ3n) is 3.99. The average Bonchev–Trinajstić information content (AvgIpc) is 3.18. The highest BCUT2D eigenvalue weighted by Crippen LogP contribution is 2.59. The number of carbonyl (C=O) groups excluding carboxylic acids is 2. The van der Waals surface area contributed by atoms with Gasteiger partial charge in [-0.1, -0.05) is 0 Å². The van der Waals surface area contributed by atoms with E-state index in [1.54, 1.807) is 24.3 Å². The van der Waals surface area contributed by atoms with E-state index in [-0.39, 0.29) is 25.0 Å². The Morgan fingerprint density at radius 2 is 1.20 bits per heavy atom. The molecule has 6 nitrogen and oxygen atoms in total. The van der Waals surface area contributed by atoms with Crippen molar-refractivity contribution in [3.63, 3.8) is 0 Å². The van der Waals surface area contributed by atoms with E-state index in [0.717, 1.165) is 0 Å². The molecule has 0 radical (unpaired) electrons. The van der Waals surface area contributed by atoms with Gasteiger partial charge in [0.15, 0.2) is 0 Å². The number of hydrogen-bond donors (Lipinski definition) is 0. The van der Waals surface area contributed by atoms with Crippen LogP contribution in [0.4, 0.5) is 0 Å². The van der Waals surface area contributed by atoms with E-state index in [2.05, 4.69) is 9.97 Å². The molecule has 1 fully saturated rings. The molecular weight excluding hydrogens is 367 g/mol. The normalized spacial score (nSPS) is 20.6. The smallest absolute Gasteiger partial charge is 0.338 e. The predicted octanol–water partition coefficient (Wildman–Crippen LogP) is 2.91.